The largest absolute Gasteiger partial charge is 0.465 e. The quantitative estimate of drug-likeness (QED) is 0.739. The molecule has 16 heavy (non-hydrogen) atoms. The highest BCUT2D eigenvalue weighted by atomic mass is 32.2. The van der Waals surface area contributed by atoms with E-state index in [0.29, 0.717) is 12.4 Å². The summed E-state index contributed by atoms with van der Waals surface area (Å²) in [4.78, 5) is 15.4. The van der Waals surface area contributed by atoms with E-state index in [1.807, 2.05) is 17.8 Å². The van der Waals surface area contributed by atoms with Gasteiger partial charge in [0.25, 0.3) is 0 Å². The molecule has 2 N–H and O–H groups in total. The van der Waals surface area contributed by atoms with Gasteiger partial charge in [-0.05, 0) is 6.92 Å². The zero-order valence-corrected chi connectivity index (χ0v) is 10.4. The summed E-state index contributed by atoms with van der Waals surface area (Å²) in [5.74, 6) is 1.93. The Bertz CT molecular complexity index is 341. The van der Waals surface area contributed by atoms with Crippen molar-refractivity contribution in [2.24, 2.45) is 12.8 Å². The lowest BCUT2D eigenvalue weighted by Gasteiger charge is -2.09. The van der Waals surface area contributed by atoms with Crippen LogP contribution < -0.4 is 5.73 Å². The van der Waals surface area contributed by atoms with E-state index < -0.39 is 6.04 Å². The van der Waals surface area contributed by atoms with Gasteiger partial charge in [-0.2, -0.15) is 11.8 Å². The van der Waals surface area contributed by atoms with Gasteiger partial charge in [-0.1, -0.05) is 0 Å². The summed E-state index contributed by atoms with van der Waals surface area (Å²) in [5.41, 5.74) is 5.66. The molecule has 0 spiro atoms. The van der Waals surface area contributed by atoms with Gasteiger partial charge in [-0.25, -0.2) is 4.98 Å². The van der Waals surface area contributed by atoms with Crippen LogP contribution in [0.4, 0.5) is 0 Å². The third-order valence-corrected chi connectivity index (χ3v) is 3.10. The molecule has 1 unspecified atom stereocenters. The first-order valence-corrected chi connectivity index (χ1v) is 6.26. The van der Waals surface area contributed by atoms with Crippen molar-refractivity contribution < 1.29 is 9.53 Å². The lowest BCUT2D eigenvalue weighted by atomic mass is 10.4. The molecule has 1 heterocycles. The van der Waals surface area contributed by atoms with Crippen LogP contribution in [-0.2, 0) is 22.3 Å². The number of esters is 1. The number of aromatic nitrogens is 2. The zero-order valence-electron chi connectivity index (χ0n) is 9.55. The molecule has 0 bridgehead atoms. The number of aryl methyl sites for hydroxylation is 1. The molecule has 0 aliphatic carbocycles. The molecular weight excluding hydrogens is 226 g/mol. The van der Waals surface area contributed by atoms with Crippen LogP contribution in [0.3, 0.4) is 0 Å². The standard InChI is InChI=1S/C10H17N3O2S/c1-3-15-10(14)8(11)6-16-7-9-12-4-5-13(9)2/h4-5,8H,3,6-7,11H2,1-2H3. The molecule has 0 saturated carbocycles. The molecule has 0 radical (unpaired) electrons. The topological polar surface area (TPSA) is 70.1 Å². The Morgan fingerprint density at radius 2 is 2.50 bits per heavy atom. The molecule has 0 aliphatic heterocycles. The average molecular weight is 243 g/mol. The van der Waals surface area contributed by atoms with Gasteiger partial charge in [-0.3, -0.25) is 4.79 Å². The van der Waals surface area contributed by atoms with E-state index in [-0.39, 0.29) is 5.97 Å². The maximum absolute atomic E-state index is 11.2. The van der Waals surface area contributed by atoms with Crippen molar-refractivity contribution in [1.82, 2.24) is 9.55 Å². The van der Waals surface area contributed by atoms with Crippen LogP contribution >= 0.6 is 11.8 Å². The number of thioether (sulfide) groups is 1. The first-order chi connectivity index (χ1) is 7.65. The number of hydrogen-bond donors (Lipinski definition) is 1. The number of nitrogens with two attached hydrogens (primary N) is 1. The van der Waals surface area contributed by atoms with Gasteiger partial charge in [0.05, 0.1) is 12.4 Å². The molecule has 1 aromatic rings. The number of rotatable bonds is 6. The maximum Gasteiger partial charge on any atom is 0.323 e. The molecular formula is C10H17N3O2S. The molecule has 0 saturated heterocycles. The van der Waals surface area contributed by atoms with E-state index in [1.54, 1.807) is 24.9 Å². The smallest absolute Gasteiger partial charge is 0.323 e. The van der Waals surface area contributed by atoms with Crippen LogP contribution in [0.1, 0.15) is 12.7 Å². The third-order valence-electron chi connectivity index (χ3n) is 2.04. The fraction of sp³-hybridized carbons (Fsp3) is 0.600. The number of hydrogen-bond acceptors (Lipinski definition) is 5. The monoisotopic (exact) mass is 243 g/mol. The minimum absolute atomic E-state index is 0.338. The Balaban J connectivity index is 2.25. The van der Waals surface area contributed by atoms with Crippen molar-refractivity contribution in [1.29, 1.82) is 0 Å². The average Bonchev–Trinajstić information content (AvgIpc) is 2.65. The van der Waals surface area contributed by atoms with Gasteiger partial charge < -0.3 is 15.0 Å². The highest BCUT2D eigenvalue weighted by Gasteiger charge is 2.14. The molecule has 1 atom stereocenters. The Kier molecular flexibility index (Phi) is 5.34. The maximum atomic E-state index is 11.2. The molecule has 5 nitrogen and oxygen atoms in total. The van der Waals surface area contributed by atoms with Gasteiger partial charge in [0.2, 0.25) is 0 Å². The van der Waals surface area contributed by atoms with E-state index in [9.17, 15) is 4.79 Å². The number of imidazole rings is 1. The van der Waals surface area contributed by atoms with Gasteiger partial charge in [0.1, 0.15) is 11.9 Å². The van der Waals surface area contributed by atoms with Gasteiger partial charge in [-0.15, -0.1) is 0 Å². The fourth-order valence-corrected chi connectivity index (χ4v) is 2.10. The molecule has 1 rings (SSSR count). The Hall–Kier alpha value is -1.01. The van der Waals surface area contributed by atoms with E-state index in [4.69, 9.17) is 10.5 Å². The van der Waals surface area contributed by atoms with Gasteiger partial charge in [0, 0.05) is 25.2 Å². The normalized spacial score (nSPS) is 12.4. The van der Waals surface area contributed by atoms with Gasteiger partial charge in [0.15, 0.2) is 0 Å². The zero-order chi connectivity index (χ0) is 12.0. The van der Waals surface area contributed by atoms with Crippen LogP contribution in [-0.4, -0.2) is 33.9 Å². The number of carbonyl (C=O) groups excluding carboxylic acids is 1. The van der Waals surface area contributed by atoms with Crippen LogP contribution in [0.25, 0.3) is 0 Å². The van der Waals surface area contributed by atoms with Crippen molar-refractivity contribution in [3.8, 4) is 0 Å². The first-order valence-electron chi connectivity index (χ1n) is 5.11. The lowest BCUT2D eigenvalue weighted by molar-refractivity contribution is -0.144. The highest BCUT2D eigenvalue weighted by Crippen LogP contribution is 2.10. The summed E-state index contributed by atoms with van der Waals surface area (Å²) >= 11 is 1.58. The highest BCUT2D eigenvalue weighted by molar-refractivity contribution is 7.98. The molecule has 6 heteroatoms. The van der Waals surface area contributed by atoms with Crippen molar-refractivity contribution in [2.45, 2.75) is 18.7 Å². The Labute approximate surface area is 99.4 Å². The Morgan fingerprint density at radius 1 is 1.75 bits per heavy atom. The number of carbonyl (C=O) groups is 1. The summed E-state index contributed by atoms with van der Waals surface area (Å²) in [7, 11) is 1.94. The van der Waals surface area contributed by atoms with Crippen LogP contribution in [0, 0.1) is 0 Å². The van der Waals surface area contributed by atoms with Crippen molar-refractivity contribution in [3.63, 3.8) is 0 Å². The summed E-state index contributed by atoms with van der Waals surface area (Å²) in [6.07, 6.45) is 3.64. The molecule has 90 valence electrons. The summed E-state index contributed by atoms with van der Waals surface area (Å²) in [6, 6.07) is -0.551. The van der Waals surface area contributed by atoms with Crippen LogP contribution in [0.5, 0.6) is 0 Å². The van der Waals surface area contributed by atoms with E-state index >= 15 is 0 Å². The number of nitrogens with zero attached hydrogens (tertiary/aromatic N) is 2. The first kappa shape index (κ1) is 13.1. The predicted molar refractivity (Wildman–Crippen MR) is 64.0 cm³/mol. The Morgan fingerprint density at radius 3 is 3.06 bits per heavy atom. The second-order valence-electron chi connectivity index (χ2n) is 3.33. The third kappa shape index (κ3) is 3.86. The molecule has 0 fully saturated rings. The number of ether oxygens (including phenoxy) is 1. The summed E-state index contributed by atoms with van der Waals surface area (Å²) in [5, 5.41) is 0. The van der Waals surface area contributed by atoms with Crippen LogP contribution in [0.2, 0.25) is 0 Å². The minimum atomic E-state index is -0.551. The van der Waals surface area contributed by atoms with Crippen molar-refractivity contribution in [3.05, 3.63) is 18.2 Å². The molecule has 0 aromatic carbocycles. The van der Waals surface area contributed by atoms with Crippen molar-refractivity contribution in [2.75, 3.05) is 12.4 Å². The SMILES string of the molecule is CCOC(=O)C(N)CSCc1nccn1C. The molecule has 0 aliphatic rings. The minimum Gasteiger partial charge on any atom is -0.465 e. The van der Waals surface area contributed by atoms with Crippen LogP contribution in [0.15, 0.2) is 12.4 Å². The summed E-state index contributed by atoms with van der Waals surface area (Å²) < 4.78 is 6.76. The van der Waals surface area contributed by atoms with E-state index in [0.717, 1.165) is 11.6 Å². The summed E-state index contributed by atoms with van der Waals surface area (Å²) in [6.45, 7) is 2.14. The second kappa shape index (κ2) is 6.55. The second-order valence-corrected chi connectivity index (χ2v) is 4.36. The van der Waals surface area contributed by atoms with Gasteiger partial charge >= 0.3 is 5.97 Å². The molecule has 0 amide bonds. The predicted octanol–water partition coefficient (Wildman–Crippen LogP) is 0.544. The van der Waals surface area contributed by atoms with Crippen molar-refractivity contribution >= 4 is 17.7 Å². The van der Waals surface area contributed by atoms with E-state index in [1.165, 1.54) is 0 Å². The molecule has 1 aromatic heterocycles. The lowest BCUT2D eigenvalue weighted by Crippen LogP contribution is -2.34. The fourth-order valence-electron chi connectivity index (χ4n) is 1.13. The van der Waals surface area contributed by atoms with E-state index in [2.05, 4.69) is 4.98 Å².